The first kappa shape index (κ1) is 28.7. The van der Waals surface area contributed by atoms with E-state index in [2.05, 4.69) is 15.6 Å². The van der Waals surface area contributed by atoms with Crippen LogP contribution in [-0.2, 0) is 20.9 Å². The van der Waals surface area contributed by atoms with Crippen molar-refractivity contribution in [2.24, 2.45) is 0 Å². The number of ether oxygens (including phenoxy) is 3. The van der Waals surface area contributed by atoms with Gasteiger partial charge in [-0.2, -0.15) is 0 Å². The minimum Gasteiger partial charge on any atom is -0.493 e. The molecular weight excluding hydrogens is 538 g/mol. The Morgan fingerprint density at radius 1 is 1.05 bits per heavy atom. The third-order valence-corrected chi connectivity index (χ3v) is 7.29. The number of benzene rings is 3. The molecule has 1 aromatic heterocycles. The second-order valence-corrected chi connectivity index (χ2v) is 9.97. The van der Waals surface area contributed by atoms with E-state index in [0.717, 1.165) is 12.8 Å². The molecule has 1 fully saturated rings. The molecule has 42 heavy (non-hydrogen) atoms. The van der Waals surface area contributed by atoms with Crippen LogP contribution in [0.3, 0.4) is 0 Å². The van der Waals surface area contributed by atoms with Crippen LogP contribution >= 0.6 is 0 Å². The summed E-state index contributed by atoms with van der Waals surface area (Å²) in [6.07, 6.45) is 1.65. The number of nitrogens with zero attached hydrogens (tertiary/aromatic N) is 4. The van der Waals surface area contributed by atoms with Crippen molar-refractivity contribution in [2.75, 3.05) is 32.3 Å². The Balaban J connectivity index is 1.61. The van der Waals surface area contributed by atoms with Crippen LogP contribution in [0, 0.1) is 0 Å². The van der Waals surface area contributed by atoms with E-state index in [1.807, 2.05) is 24.3 Å². The molecule has 2 atom stereocenters. The number of aromatic nitrogens is 3. The number of carbonyl (C=O) groups is 3. The van der Waals surface area contributed by atoms with Crippen LogP contribution in [0.15, 0.2) is 66.7 Å². The zero-order chi connectivity index (χ0) is 29.6. The predicted molar refractivity (Wildman–Crippen MR) is 156 cm³/mol. The molecule has 4 aromatic rings. The van der Waals surface area contributed by atoms with Crippen molar-refractivity contribution in [1.82, 2.24) is 20.3 Å². The second kappa shape index (κ2) is 12.8. The van der Waals surface area contributed by atoms with Crippen LogP contribution in [0.5, 0.6) is 11.5 Å². The first-order valence-corrected chi connectivity index (χ1v) is 13.7. The van der Waals surface area contributed by atoms with Gasteiger partial charge in [0.25, 0.3) is 0 Å². The number of rotatable bonds is 11. The molecule has 2 amide bonds. The smallest absolute Gasteiger partial charge is 0.249 e. The summed E-state index contributed by atoms with van der Waals surface area (Å²) >= 11 is 0. The lowest BCUT2D eigenvalue weighted by atomic mass is 10.00. The molecule has 1 N–H and O–H groups in total. The SMILES string of the molecule is COc1cccc([C@@H](C(=O)NC[C@H]2CCCO2)N(C(=O)Cn2nnc3ccccc32)c2ccc(C(C)=O)cc2)c1OC. The van der Waals surface area contributed by atoms with Gasteiger partial charge in [0.15, 0.2) is 17.3 Å². The van der Waals surface area contributed by atoms with Gasteiger partial charge in [0.05, 0.1) is 25.8 Å². The maximum absolute atomic E-state index is 14.3. The normalized spacial score (nSPS) is 15.3. The fourth-order valence-corrected chi connectivity index (χ4v) is 5.17. The Morgan fingerprint density at radius 2 is 1.83 bits per heavy atom. The number of fused-ring (bicyclic) bond motifs is 1. The monoisotopic (exact) mass is 571 g/mol. The lowest BCUT2D eigenvalue weighted by Crippen LogP contribution is -2.46. The molecule has 0 saturated carbocycles. The van der Waals surface area contributed by atoms with Crippen molar-refractivity contribution in [2.45, 2.75) is 38.5 Å². The number of hydrogen-bond acceptors (Lipinski definition) is 8. The Hall–Kier alpha value is -4.77. The number of methoxy groups -OCH3 is 2. The largest absolute Gasteiger partial charge is 0.493 e. The summed E-state index contributed by atoms with van der Waals surface area (Å²) in [5, 5.41) is 11.4. The topological polar surface area (TPSA) is 125 Å². The molecular formula is C31H33N5O6. The quantitative estimate of drug-likeness (QED) is 0.270. The highest BCUT2D eigenvalue weighted by molar-refractivity contribution is 6.02. The highest BCUT2D eigenvalue weighted by atomic mass is 16.5. The van der Waals surface area contributed by atoms with Crippen molar-refractivity contribution in [3.8, 4) is 11.5 Å². The van der Waals surface area contributed by atoms with E-state index in [4.69, 9.17) is 14.2 Å². The van der Waals surface area contributed by atoms with Crippen LogP contribution in [-0.4, -0.2) is 66.1 Å². The number of hydrogen-bond donors (Lipinski definition) is 1. The van der Waals surface area contributed by atoms with Gasteiger partial charge in [-0.15, -0.1) is 5.10 Å². The molecule has 3 aromatic carbocycles. The number of Topliss-reactive ketones (excluding diaryl/α,β-unsaturated/α-hetero) is 1. The minimum absolute atomic E-state index is 0.109. The van der Waals surface area contributed by atoms with Gasteiger partial charge in [-0.1, -0.05) is 29.5 Å². The molecule has 5 rings (SSSR count). The van der Waals surface area contributed by atoms with E-state index in [1.165, 1.54) is 30.7 Å². The van der Waals surface area contributed by atoms with Crippen molar-refractivity contribution in [3.63, 3.8) is 0 Å². The fourth-order valence-electron chi connectivity index (χ4n) is 5.17. The number of ketones is 1. The standard InChI is InChI=1S/C31H33N5O6/c1-20(37)21-13-15-22(16-14-21)36(28(38)19-35-26-11-5-4-10-25(26)33-34-35)29(31(39)32-18-23-8-7-17-42-23)24-9-6-12-27(40-2)30(24)41-3/h4-6,9-16,23,29H,7-8,17-19H2,1-3H3,(H,32,39)/t23-,29+/m1/s1. The maximum Gasteiger partial charge on any atom is 0.249 e. The molecule has 0 radical (unpaired) electrons. The van der Waals surface area contributed by atoms with Gasteiger partial charge in [-0.05, 0) is 62.2 Å². The summed E-state index contributed by atoms with van der Waals surface area (Å²) in [7, 11) is 2.99. The van der Waals surface area contributed by atoms with Crippen molar-refractivity contribution >= 4 is 34.3 Å². The molecule has 1 aliphatic heterocycles. The Morgan fingerprint density at radius 3 is 2.52 bits per heavy atom. The average molecular weight is 572 g/mol. The third kappa shape index (κ3) is 5.96. The van der Waals surface area contributed by atoms with Gasteiger partial charge in [-0.3, -0.25) is 19.3 Å². The highest BCUT2D eigenvalue weighted by Gasteiger charge is 2.36. The number of nitrogens with one attached hydrogen (secondary N) is 1. The summed E-state index contributed by atoms with van der Waals surface area (Å²) in [6.45, 7) is 2.21. The molecule has 0 aliphatic carbocycles. The molecule has 2 heterocycles. The molecule has 0 bridgehead atoms. The van der Waals surface area contributed by atoms with E-state index in [0.29, 0.717) is 52.5 Å². The minimum atomic E-state index is -1.16. The first-order valence-electron chi connectivity index (χ1n) is 13.7. The molecule has 0 unspecified atom stereocenters. The Labute approximate surface area is 243 Å². The lowest BCUT2D eigenvalue weighted by molar-refractivity contribution is -0.127. The highest BCUT2D eigenvalue weighted by Crippen LogP contribution is 2.39. The summed E-state index contributed by atoms with van der Waals surface area (Å²) in [5.74, 6) is -0.239. The van der Waals surface area contributed by atoms with Crippen molar-refractivity contribution < 1.29 is 28.6 Å². The zero-order valence-corrected chi connectivity index (χ0v) is 23.8. The van der Waals surface area contributed by atoms with Crippen LogP contribution in [0.4, 0.5) is 5.69 Å². The Bertz CT molecular complexity index is 1580. The van der Waals surface area contributed by atoms with Gasteiger partial charge in [0, 0.05) is 30.0 Å². The fraction of sp³-hybridized carbons (Fsp3) is 0.323. The van der Waals surface area contributed by atoms with Crippen molar-refractivity contribution in [3.05, 3.63) is 77.9 Å². The van der Waals surface area contributed by atoms with E-state index >= 15 is 0 Å². The van der Waals surface area contributed by atoms with E-state index < -0.39 is 17.9 Å². The maximum atomic E-state index is 14.3. The molecule has 1 aliphatic rings. The summed E-state index contributed by atoms with van der Waals surface area (Å²) in [5.41, 5.74) is 2.64. The summed E-state index contributed by atoms with van der Waals surface area (Å²) in [6, 6.07) is 17.9. The molecule has 0 spiro atoms. The third-order valence-electron chi connectivity index (χ3n) is 7.29. The Kier molecular flexibility index (Phi) is 8.77. The summed E-state index contributed by atoms with van der Waals surface area (Å²) < 4.78 is 18.5. The molecule has 11 nitrogen and oxygen atoms in total. The van der Waals surface area contributed by atoms with Crippen LogP contribution < -0.4 is 19.7 Å². The number of amides is 2. The molecule has 218 valence electrons. The van der Waals surface area contributed by atoms with E-state index in [1.54, 1.807) is 42.5 Å². The molecule has 11 heteroatoms. The van der Waals surface area contributed by atoms with Crippen molar-refractivity contribution in [1.29, 1.82) is 0 Å². The number of para-hydroxylation sites is 2. The van der Waals surface area contributed by atoms with Gasteiger partial charge in [-0.25, -0.2) is 4.68 Å². The van der Waals surface area contributed by atoms with Gasteiger partial charge in [0.2, 0.25) is 11.8 Å². The van der Waals surface area contributed by atoms with Crippen LogP contribution in [0.2, 0.25) is 0 Å². The second-order valence-electron chi connectivity index (χ2n) is 9.97. The molecule has 1 saturated heterocycles. The lowest BCUT2D eigenvalue weighted by Gasteiger charge is -2.33. The van der Waals surface area contributed by atoms with E-state index in [-0.39, 0.29) is 18.4 Å². The first-order chi connectivity index (χ1) is 20.4. The van der Waals surface area contributed by atoms with Gasteiger partial charge < -0.3 is 19.5 Å². The number of anilines is 1. The van der Waals surface area contributed by atoms with E-state index in [9.17, 15) is 14.4 Å². The van der Waals surface area contributed by atoms with Crippen LogP contribution in [0.25, 0.3) is 11.0 Å². The van der Waals surface area contributed by atoms with Crippen LogP contribution in [0.1, 0.15) is 41.7 Å². The van der Waals surface area contributed by atoms with Gasteiger partial charge in [0.1, 0.15) is 18.1 Å². The number of carbonyl (C=O) groups excluding carboxylic acids is 3. The average Bonchev–Trinajstić information content (AvgIpc) is 3.68. The summed E-state index contributed by atoms with van der Waals surface area (Å²) in [4.78, 5) is 41.9. The van der Waals surface area contributed by atoms with Gasteiger partial charge >= 0.3 is 0 Å². The zero-order valence-electron chi connectivity index (χ0n) is 23.8. The predicted octanol–water partition coefficient (Wildman–Crippen LogP) is 3.72.